The molecule has 0 fully saturated rings. The molecule has 202 valence electrons. The van der Waals surface area contributed by atoms with Crippen molar-refractivity contribution in [2.75, 3.05) is 31.1 Å². The first-order valence-corrected chi connectivity index (χ1v) is 14.0. The fraction of sp³-hybridized carbons (Fsp3) is 0.433. The molecule has 0 unspecified atom stereocenters. The van der Waals surface area contributed by atoms with Gasteiger partial charge in [-0.1, -0.05) is 54.9 Å². The molecular formula is C30H38ClN5O2. The number of hydrogen-bond acceptors (Lipinski definition) is 4. The van der Waals surface area contributed by atoms with E-state index in [4.69, 9.17) is 11.6 Å². The highest BCUT2D eigenvalue weighted by atomic mass is 35.5. The van der Waals surface area contributed by atoms with E-state index in [1.54, 1.807) is 6.20 Å². The van der Waals surface area contributed by atoms with E-state index >= 15 is 0 Å². The Bertz CT molecular complexity index is 1170. The van der Waals surface area contributed by atoms with Crippen LogP contribution in [0.2, 0.25) is 5.02 Å². The Labute approximate surface area is 231 Å². The van der Waals surface area contributed by atoms with Crippen molar-refractivity contribution in [2.45, 2.75) is 58.7 Å². The third-order valence-corrected chi connectivity index (χ3v) is 7.18. The molecule has 0 N–H and O–H groups in total. The lowest BCUT2D eigenvalue weighted by Crippen LogP contribution is -2.38. The topological polar surface area (TPSA) is 61.7 Å². The number of aryl methyl sites for hydroxylation is 1. The first kappa shape index (κ1) is 27.9. The van der Waals surface area contributed by atoms with E-state index in [2.05, 4.69) is 34.3 Å². The van der Waals surface area contributed by atoms with Crippen LogP contribution >= 0.6 is 11.6 Å². The van der Waals surface area contributed by atoms with E-state index in [9.17, 15) is 9.59 Å². The van der Waals surface area contributed by atoms with Crippen LogP contribution in [0.3, 0.4) is 0 Å². The van der Waals surface area contributed by atoms with Gasteiger partial charge >= 0.3 is 0 Å². The Morgan fingerprint density at radius 2 is 1.79 bits per heavy atom. The van der Waals surface area contributed by atoms with Crippen LogP contribution in [0.5, 0.6) is 0 Å². The van der Waals surface area contributed by atoms with E-state index in [1.165, 1.54) is 5.56 Å². The smallest absolute Gasteiger partial charge is 0.226 e. The normalized spacial score (nSPS) is 15.1. The van der Waals surface area contributed by atoms with E-state index < -0.39 is 0 Å². The third kappa shape index (κ3) is 7.92. The zero-order valence-electron chi connectivity index (χ0n) is 22.3. The van der Waals surface area contributed by atoms with Crippen molar-refractivity contribution < 1.29 is 9.59 Å². The maximum absolute atomic E-state index is 13.5. The maximum Gasteiger partial charge on any atom is 0.226 e. The first-order valence-electron chi connectivity index (χ1n) is 13.6. The monoisotopic (exact) mass is 535 g/mol. The van der Waals surface area contributed by atoms with Gasteiger partial charge in [0.05, 0.1) is 5.69 Å². The van der Waals surface area contributed by atoms with Crippen molar-refractivity contribution in [1.82, 2.24) is 19.6 Å². The lowest BCUT2D eigenvalue weighted by atomic mass is 10.1. The number of carbonyl (C=O) groups excluding carboxylic acids is 2. The van der Waals surface area contributed by atoms with Crippen LogP contribution < -0.4 is 4.90 Å². The summed E-state index contributed by atoms with van der Waals surface area (Å²) in [5.41, 5.74) is 3.02. The minimum Gasteiger partial charge on any atom is -0.337 e. The summed E-state index contributed by atoms with van der Waals surface area (Å²) < 4.78 is 1.86. The summed E-state index contributed by atoms with van der Waals surface area (Å²) in [5, 5.41) is 4.84. The van der Waals surface area contributed by atoms with Crippen molar-refractivity contribution >= 4 is 29.1 Å². The minimum atomic E-state index is 0.0990. The number of halogens is 1. The van der Waals surface area contributed by atoms with Gasteiger partial charge in [0, 0.05) is 76.1 Å². The first-order chi connectivity index (χ1) is 18.5. The van der Waals surface area contributed by atoms with Crippen LogP contribution in [0.25, 0.3) is 0 Å². The fourth-order valence-electron chi connectivity index (χ4n) is 4.96. The number of hydrogen-bond donors (Lipinski definition) is 0. The Morgan fingerprint density at radius 3 is 2.55 bits per heavy atom. The van der Waals surface area contributed by atoms with Crippen LogP contribution in [0.15, 0.2) is 67.0 Å². The maximum atomic E-state index is 13.5. The van der Waals surface area contributed by atoms with Gasteiger partial charge < -0.3 is 9.80 Å². The zero-order valence-corrected chi connectivity index (χ0v) is 23.0. The van der Waals surface area contributed by atoms with Gasteiger partial charge in [-0.25, -0.2) is 0 Å². The molecule has 7 nitrogen and oxygen atoms in total. The molecule has 0 bridgehead atoms. The van der Waals surface area contributed by atoms with E-state index in [0.717, 1.165) is 50.1 Å². The molecule has 3 aromatic rings. The second-order valence-electron chi connectivity index (χ2n) is 9.87. The van der Waals surface area contributed by atoms with Gasteiger partial charge in [-0.05, 0) is 48.6 Å². The molecule has 0 spiro atoms. The predicted molar refractivity (Wildman–Crippen MR) is 152 cm³/mol. The van der Waals surface area contributed by atoms with Crippen LogP contribution in [0, 0.1) is 0 Å². The van der Waals surface area contributed by atoms with Gasteiger partial charge in [0.1, 0.15) is 0 Å². The van der Waals surface area contributed by atoms with Crippen LogP contribution in [0.4, 0.5) is 5.69 Å². The molecule has 0 atom stereocenters. The Hall–Kier alpha value is -3.16. The molecule has 8 heteroatoms. The van der Waals surface area contributed by atoms with Crippen LogP contribution in [0.1, 0.15) is 50.2 Å². The lowest BCUT2D eigenvalue weighted by Gasteiger charge is -2.28. The zero-order chi connectivity index (χ0) is 26.7. The molecule has 38 heavy (non-hydrogen) atoms. The summed E-state index contributed by atoms with van der Waals surface area (Å²) in [6.45, 7) is 6.83. The van der Waals surface area contributed by atoms with Crippen molar-refractivity contribution in [2.24, 2.45) is 0 Å². The number of nitrogens with zero attached hydrogens (tertiary/aromatic N) is 5. The second-order valence-corrected chi connectivity index (χ2v) is 10.3. The van der Waals surface area contributed by atoms with E-state index in [0.29, 0.717) is 44.0 Å². The Morgan fingerprint density at radius 1 is 0.947 bits per heavy atom. The quantitative estimate of drug-likeness (QED) is 0.388. The molecule has 2 amide bonds. The van der Waals surface area contributed by atoms with Gasteiger partial charge in [-0.2, -0.15) is 5.10 Å². The minimum absolute atomic E-state index is 0.0990. The summed E-state index contributed by atoms with van der Waals surface area (Å²) in [7, 11) is 0. The summed E-state index contributed by atoms with van der Waals surface area (Å²) >= 11 is 6.42. The third-order valence-electron chi connectivity index (χ3n) is 6.95. The van der Waals surface area contributed by atoms with Gasteiger partial charge in [0.25, 0.3) is 0 Å². The predicted octanol–water partition coefficient (Wildman–Crippen LogP) is 5.38. The molecule has 1 aliphatic rings. The summed E-state index contributed by atoms with van der Waals surface area (Å²) in [5.74, 6) is 0.213. The standard InChI is InChI=1S/C30H38ClN5O2/c1-2-9-30(38)36-19-8-16-33(23-25-10-4-3-5-11-25)20-21-34(24-26-13-14-27(31)22-28(26)36)29(37)12-6-17-35-18-7-15-32-35/h3-5,7,10-11,13-15,18,22H,2,6,8-9,12,16-17,19-21,23-24H2,1H3. The SMILES string of the molecule is CCCC(=O)N1CCCN(Cc2ccccc2)CCN(C(=O)CCCn2cccn2)Cc2ccc(Cl)cc21. The highest BCUT2D eigenvalue weighted by molar-refractivity contribution is 6.31. The summed E-state index contributed by atoms with van der Waals surface area (Å²) in [6.07, 6.45) is 6.94. The number of rotatable bonds is 8. The molecular weight excluding hydrogens is 498 g/mol. The molecule has 4 rings (SSSR count). The van der Waals surface area contributed by atoms with Crippen molar-refractivity contribution in [3.05, 3.63) is 83.1 Å². The second kappa shape index (κ2) is 14.1. The number of anilines is 1. The fourth-order valence-corrected chi connectivity index (χ4v) is 5.12. The van der Waals surface area contributed by atoms with Gasteiger partial charge in [-0.3, -0.25) is 19.2 Å². The Balaban J connectivity index is 1.58. The number of carbonyl (C=O) groups is 2. The largest absolute Gasteiger partial charge is 0.337 e. The van der Waals surface area contributed by atoms with Crippen molar-refractivity contribution in [3.8, 4) is 0 Å². The van der Waals surface area contributed by atoms with Crippen molar-refractivity contribution in [1.29, 1.82) is 0 Å². The molecule has 0 saturated carbocycles. The van der Waals surface area contributed by atoms with Crippen molar-refractivity contribution in [3.63, 3.8) is 0 Å². The number of amides is 2. The highest BCUT2D eigenvalue weighted by Crippen LogP contribution is 2.28. The number of aromatic nitrogens is 2. The average molecular weight is 536 g/mol. The van der Waals surface area contributed by atoms with Crippen LogP contribution in [-0.4, -0.2) is 57.6 Å². The summed E-state index contributed by atoms with van der Waals surface area (Å²) in [4.78, 5) is 33.0. The average Bonchev–Trinajstić information content (AvgIpc) is 3.42. The Kier molecular flexibility index (Phi) is 10.4. The molecule has 2 aromatic carbocycles. The molecule has 1 aromatic heterocycles. The van der Waals surface area contributed by atoms with E-state index in [-0.39, 0.29) is 11.8 Å². The van der Waals surface area contributed by atoms with E-state index in [1.807, 2.05) is 57.9 Å². The summed E-state index contributed by atoms with van der Waals surface area (Å²) in [6, 6.07) is 18.0. The van der Waals surface area contributed by atoms with Gasteiger partial charge in [-0.15, -0.1) is 0 Å². The molecule has 0 radical (unpaired) electrons. The molecule has 0 saturated heterocycles. The van der Waals surface area contributed by atoms with Gasteiger partial charge in [0.15, 0.2) is 0 Å². The lowest BCUT2D eigenvalue weighted by molar-refractivity contribution is -0.132. The highest BCUT2D eigenvalue weighted by Gasteiger charge is 2.24. The molecule has 0 aliphatic carbocycles. The van der Waals surface area contributed by atoms with Crippen LogP contribution in [-0.2, 0) is 29.2 Å². The molecule has 2 heterocycles. The number of fused-ring (bicyclic) bond motifs is 1. The number of benzene rings is 2. The molecule has 1 aliphatic heterocycles. The van der Waals surface area contributed by atoms with Gasteiger partial charge in [0.2, 0.25) is 11.8 Å².